The third kappa shape index (κ3) is 12.3. The number of rotatable bonds is 19. The van der Waals surface area contributed by atoms with Crippen LogP contribution in [0.3, 0.4) is 0 Å². The number of hydrogen-bond donors (Lipinski definition) is 3. The molecule has 0 aliphatic heterocycles. The summed E-state index contributed by atoms with van der Waals surface area (Å²) in [4.78, 5) is 32.8. The van der Waals surface area contributed by atoms with Crippen molar-refractivity contribution >= 4 is 23.3 Å². The molecule has 1 unspecified atom stereocenters. The molecule has 292 valence electrons. The molecule has 6 nitrogen and oxygen atoms in total. The lowest BCUT2D eigenvalue weighted by molar-refractivity contribution is -0.117. The molecule has 3 N–H and O–H groups in total. The van der Waals surface area contributed by atoms with Gasteiger partial charge in [0.1, 0.15) is 6.04 Å². The fourth-order valence-electron chi connectivity index (χ4n) is 8.60. The number of carbonyl (C=O) groups excluding carboxylic acids is 2. The van der Waals surface area contributed by atoms with Gasteiger partial charge in [-0.05, 0) is 73.6 Å². The van der Waals surface area contributed by atoms with Gasteiger partial charge in [0.05, 0.1) is 6.04 Å². The van der Waals surface area contributed by atoms with E-state index in [9.17, 15) is 9.59 Å². The van der Waals surface area contributed by atoms with Crippen molar-refractivity contribution in [2.45, 2.75) is 173 Å². The minimum atomic E-state index is -0.559. The van der Waals surface area contributed by atoms with Crippen molar-refractivity contribution < 1.29 is 9.59 Å². The molecule has 0 bridgehead atoms. The molecule has 0 spiro atoms. The zero-order valence-corrected chi connectivity index (χ0v) is 33.6. The molecule has 3 aromatic rings. The van der Waals surface area contributed by atoms with Crippen molar-refractivity contribution in [1.29, 1.82) is 0 Å². The second-order valence-electron chi connectivity index (χ2n) is 16.2. The first-order valence-electron chi connectivity index (χ1n) is 21.6. The quantitative estimate of drug-likeness (QED) is 0.0651. The summed E-state index contributed by atoms with van der Waals surface area (Å²) in [5.41, 5.74) is 4.73. The Labute approximate surface area is 326 Å². The van der Waals surface area contributed by atoms with Crippen LogP contribution in [0.25, 0.3) is 0 Å². The summed E-state index contributed by atoms with van der Waals surface area (Å²) >= 11 is 0. The first kappa shape index (κ1) is 41.2. The fourth-order valence-corrected chi connectivity index (χ4v) is 8.60. The van der Waals surface area contributed by atoms with Crippen molar-refractivity contribution in [3.05, 3.63) is 101 Å². The van der Waals surface area contributed by atoms with Crippen LogP contribution >= 0.6 is 0 Å². The van der Waals surface area contributed by atoms with Crippen LogP contribution in [0.15, 0.2) is 83.9 Å². The fraction of sp³-hybridized carbons (Fsp3) is 0.562. The van der Waals surface area contributed by atoms with Crippen LogP contribution in [0.4, 0.5) is 5.69 Å². The van der Waals surface area contributed by atoms with Crippen LogP contribution in [0, 0.1) is 0 Å². The van der Waals surface area contributed by atoms with E-state index in [0.717, 1.165) is 42.9 Å². The summed E-state index contributed by atoms with van der Waals surface area (Å²) in [6, 6.07) is 26.0. The maximum Gasteiger partial charge on any atom is 0.247 e. The second kappa shape index (κ2) is 21.8. The average Bonchev–Trinajstić information content (AvgIpc) is 3.22. The van der Waals surface area contributed by atoms with E-state index in [4.69, 9.17) is 4.99 Å². The van der Waals surface area contributed by atoms with E-state index in [-0.39, 0.29) is 23.1 Å². The molecule has 0 radical (unpaired) electrons. The molecule has 0 heterocycles. The normalized spacial score (nSPS) is 16.5. The largest absolute Gasteiger partial charge is 0.354 e. The van der Waals surface area contributed by atoms with Gasteiger partial charge in [-0.1, -0.05) is 165 Å². The lowest BCUT2D eigenvalue weighted by Crippen LogP contribution is -2.53. The zero-order chi connectivity index (χ0) is 38.0. The summed E-state index contributed by atoms with van der Waals surface area (Å²) in [5, 5.41) is 10.7. The number of amides is 1. The monoisotopic (exact) mass is 733 g/mol. The van der Waals surface area contributed by atoms with Gasteiger partial charge < -0.3 is 16.0 Å². The Balaban J connectivity index is 1.39. The third-order valence-electron chi connectivity index (χ3n) is 11.9. The van der Waals surface area contributed by atoms with Gasteiger partial charge in [0.15, 0.2) is 11.7 Å². The summed E-state index contributed by atoms with van der Waals surface area (Å²) in [5.74, 6) is 0.676. The van der Waals surface area contributed by atoms with Gasteiger partial charge in [-0.2, -0.15) is 0 Å². The van der Waals surface area contributed by atoms with Gasteiger partial charge in [-0.15, -0.1) is 0 Å². The van der Waals surface area contributed by atoms with Crippen LogP contribution in [-0.4, -0.2) is 35.8 Å². The van der Waals surface area contributed by atoms with Crippen molar-refractivity contribution in [1.82, 2.24) is 10.6 Å². The van der Waals surface area contributed by atoms with Gasteiger partial charge >= 0.3 is 0 Å². The van der Waals surface area contributed by atoms with Crippen LogP contribution < -0.4 is 16.0 Å². The molecule has 2 saturated carbocycles. The van der Waals surface area contributed by atoms with Crippen LogP contribution in [0.5, 0.6) is 0 Å². The number of aliphatic imine (C=N–C) groups is 1. The Morgan fingerprint density at radius 1 is 0.685 bits per heavy atom. The number of benzene rings is 3. The molecule has 3 aromatic carbocycles. The van der Waals surface area contributed by atoms with Crippen LogP contribution in [0.2, 0.25) is 0 Å². The number of anilines is 1. The van der Waals surface area contributed by atoms with Crippen LogP contribution in [0.1, 0.15) is 170 Å². The van der Waals surface area contributed by atoms with Gasteiger partial charge in [0.25, 0.3) is 0 Å². The highest BCUT2D eigenvalue weighted by atomic mass is 16.2. The molecule has 2 fully saturated rings. The Hall–Kier alpha value is -3.93. The molecule has 2 aliphatic carbocycles. The topological polar surface area (TPSA) is 82.6 Å². The summed E-state index contributed by atoms with van der Waals surface area (Å²) < 4.78 is 0. The van der Waals surface area contributed by atoms with E-state index in [1.165, 1.54) is 102 Å². The summed E-state index contributed by atoms with van der Waals surface area (Å²) in [6.45, 7) is 6.88. The molecular formula is C48H68N4O2. The van der Waals surface area contributed by atoms with Crippen molar-refractivity contribution in [2.75, 3.05) is 5.32 Å². The number of carbonyl (C=O) groups is 2. The lowest BCUT2D eigenvalue weighted by Gasteiger charge is -2.35. The smallest absolute Gasteiger partial charge is 0.247 e. The lowest BCUT2D eigenvalue weighted by atomic mass is 9.69. The molecule has 0 saturated heterocycles. The van der Waals surface area contributed by atoms with E-state index in [1.54, 1.807) is 0 Å². The van der Waals surface area contributed by atoms with Gasteiger partial charge in [-0.3, -0.25) is 9.59 Å². The van der Waals surface area contributed by atoms with E-state index >= 15 is 0 Å². The number of unbranched alkanes of at least 4 members (excludes halogenated alkanes) is 3. The van der Waals surface area contributed by atoms with Gasteiger partial charge in [0.2, 0.25) is 5.91 Å². The maximum atomic E-state index is 14.4. The molecular weight excluding hydrogens is 665 g/mol. The predicted molar refractivity (Wildman–Crippen MR) is 227 cm³/mol. The summed E-state index contributed by atoms with van der Waals surface area (Å²) in [6.07, 6.45) is 23.3. The maximum absolute atomic E-state index is 14.4. The Bertz CT molecular complexity index is 1550. The van der Waals surface area contributed by atoms with E-state index in [1.807, 2.05) is 54.6 Å². The van der Waals surface area contributed by atoms with Crippen molar-refractivity contribution in [3.8, 4) is 0 Å². The molecule has 2 aliphatic rings. The molecule has 6 heteroatoms. The van der Waals surface area contributed by atoms with Crippen molar-refractivity contribution in [2.24, 2.45) is 4.99 Å². The zero-order valence-electron chi connectivity index (χ0n) is 33.6. The molecule has 54 heavy (non-hydrogen) atoms. The average molecular weight is 733 g/mol. The third-order valence-corrected chi connectivity index (χ3v) is 11.9. The van der Waals surface area contributed by atoms with Crippen molar-refractivity contribution in [3.63, 3.8) is 0 Å². The van der Waals surface area contributed by atoms with E-state index in [2.05, 4.69) is 61.0 Å². The first-order chi connectivity index (χ1) is 26.4. The Kier molecular flexibility index (Phi) is 16.7. The Morgan fingerprint density at radius 2 is 1.24 bits per heavy atom. The minimum absolute atomic E-state index is 0.000278. The highest BCUT2D eigenvalue weighted by molar-refractivity contribution is 6.09. The number of nitrogens with one attached hydrogen (secondary N) is 3. The molecule has 1 atom stereocenters. The standard InChI is InChI=1S/C48H68N4O2/c1-4-7-33-48(34-8-5-2,35-9-6-3)40-29-31-43(32-30-40)49-46(54)44(36-37-25-27-39(28-26-37)45(53)38-19-13-10-14-20-38)52-47(50-41-21-15-11-16-22-41)51-42-23-17-12-18-24-42/h10,13-14,19-20,25-32,41-42,44H,4-9,11-12,15-18,21-24,33-36H2,1-3H3,(H,49,54)(H2,50,51,52). The number of hydrogen-bond acceptors (Lipinski definition) is 3. The van der Waals surface area contributed by atoms with Crippen LogP contribution in [-0.2, 0) is 16.6 Å². The predicted octanol–water partition coefficient (Wildman–Crippen LogP) is 11.5. The highest BCUT2D eigenvalue weighted by Crippen LogP contribution is 2.40. The van der Waals surface area contributed by atoms with E-state index in [0.29, 0.717) is 23.6 Å². The molecule has 0 aromatic heterocycles. The number of guanidine groups is 1. The highest BCUT2D eigenvalue weighted by Gasteiger charge is 2.31. The van der Waals surface area contributed by atoms with E-state index < -0.39 is 6.04 Å². The van der Waals surface area contributed by atoms with Gasteiger partial charge in [-0.25, -0.2) is 4.99 Å². The minimum Gasteiger partial charge on any atom is -0.354 e. The van der Waals surface area contributed by atoms with Gasteiger partial charge in [0, 0.05) is 29.3 Å². The second-order valence-corrected chi connectivity index (χ2v) is 16.2. The molecule has 1 amide bonds. The number of ketones is 1. The number of nitrogens with zero attached hydrogens (tertiary/aromatic N) is 1. The summed E-state index contributed by atoms with van der Waals surface area (Å²) in [7, 11) is 0. The first-order valence-corrected chi connectivity index (χ1v) is 21.6. The SMILES string of the molecule is CCCCC(CCCC)(CCCC)c1ccc(NC(=O)C(Cc2ccc(C(=O)c3ccccc3)cc2)NC(=NC2CCCCC2)NC2CCCCC2)cc1. The Morgan fingerprint density at radius 3 is 1.81 bits per heavy atom. The molecule has 5 rings (SSSR count).